The summed E-state index contributed by atoms with van der Waals surface area (Å²) in [6.07, 6.45) is 1.54. The van der Waals surface area contributed by atoms with Crippen molar-refractivity contribution < 1.29 is 22.7 Å². The van der Waals surface area contributed by atoms with Crippen molar-refractivity contribution in [3.8, 4) is 0 Å². The molecular weight excluding hydrogens is 432 g/mol. The van der Waals surface area contributed by atoms with Crippen molar-refractivity contribution in [1.29, 1.82) is 0 Å². The Hall–Kier alpha value is -0.720. The first-order valence-corrected chi connectivity index (χ1v) is 8.55. The smallest absolute Gasteiger partial charge is 0.310 e. The fourth-order valence-corrected chi connectivity index (χ4v) is 3.58. The van der Waals surface area contributed by atoms with Crippen LogP contribution in [-0.4, -0.2) is 5.97 Å². The van der Waals surface area contributed by atoms with E-state index in [-0.39, 0.29) is 20.4 Å². The lowest BCUT2D eigenvalue weighted by atomic mass is 10.1. The zero-order chi connectivity index (χ0) is 18.4. The molecule has 1 aliphatic rings. The van der Waals surface area contributed by atoms with E-state index in [0.29, 0.717) is 0 Å². The Morgan fingerprint density at radius 1 is 1.25 bits per heavy atom. The molecule has 0 N–H and O–H groups in total. The highest BCUT2D eigenvalue weighted by Gasteiger charge is 2.61. The third-order valence-electron chi connectivity index (χ3n) is 4.40. The standard InChI is InChI=1S/C16H14BrCl2F3O2/c1-6-12(20)11(17)7(14(22)13(6)21)5-24-15(23)10-8(4-9(18)19)16(10,2)3/h4,8,10H,5H2,1-3H3. The normalized spacial score (nSPS) is 21.4. The summed E-state index contributed by atoms with van der Waals surface area (Å²) in [4.78, 5) is 12.2. The van der Waals surface area contributed by atoms with Crippen LogP contribution in [0.1, 0.15) is 25.0 Å². The SMILES string of the molecule is Cc1c(F)c(F)c(COC(=O)C2C(C=C(Cl)Cl)C2(C)C)c(Br)c1F. The maximum atomic E-state index is 14.0. The average Bonchev–Trinajstić information content (AvgIpc) is 3.02. The molecule has 2 nitrogen and oxygen atoms in total. The van der Waals surface area contributed by atoms with Gasteiger partial charge in [0.1, 0.15) is 16.9 Å². The van der Waals surface area contributed by atoms with E-state index in [9.17, 15) is 18.0 Å². The Kier molecular flexibility index (Phi) is 5.62. The number of carbonyl (C=O) groups excluding carboxylic acids is 1. The van der Waals surface area contributed by atoms with Crippen LogP contribution < -0.4 is 0 Å². The first kappa shape index (κ1) is 19.6. The van der Waals surface area contributed by atoms with Crippen LogP contribution in [-0.2, 0) is 16.1 Å². The molecule has 2 atom stereocenters. The fraction of sp³-hybridized carbons (Fsp3) is 0.438. The number of hydrogen-bond donors (Lipinski definition) is 0. The van der Waals surface area contributed by atoms with Gasteiger partial charge in [-0.25, -0.2) is 13.2 Å². The highest BCUT2D eigenvalue weighted by Crippen LogP contribution is 2.60. The lowest BCUT2D eigenvalue weighted by molar-refractivity contribution is -0.147. The minimum absolute atomic E-state index is 0.0415. The molecule has 0 amide bonds. The summed E-state index contributed by atoms with van der Waals surface area (Å²) in [6.45, 7) is 4.20. The zero-order valence-corrected chi connectivity index (χ0v) is 16.1. The molecule has 0 aliphatic heterocycles. The second kappa shape index (κ2) is 6.89. The molecule has 24 heavy (non-hydrogen) atoms. The van der Waals surface area contributed by atoms with E-state index in [4.69, 9.17) is 27.9 Å². The molecule has 8 heteroatoms. The van der Waals surface area contributed by atoms with Gasteiger partial charge in [-0.1, -0.05) is 37.0 Å². The number of esters is 1. The third kappa shape index (κ3) is 3.46. The van der Waals surface area contributed by atoms with Gasteiger partial charge in [-0.05, 0) is 40.3 Å². The Morgan fingerprint density at radius 2 is 1.83 bits per heavy atom. The molecule has 1 saturated carbocycles. The van der Waals surface area contributed by atoms with Gasteiger partial charge in [0.25, 0.3) is 0 Å². The number of benzene rings is 1. The van der Waals surface area contributed by atoms with Crippen molar-refractivity contribution in [3.05, 3.63) is 43.6 Å². The Bertz CT molecular complexity index is 702. The number of hydrogen-bond acceptors (Lipinski definition) is 2. The number of allylic oxidation sites excluding steroid dienone is 1. The van der Waals surface area contributed by atoms with Gasteiger partial charge in [0.2, 0.25) is 0 Å². The third-order valence-corrected chi connectivity index (χ3v) is 5.48. The summed E-state index contributed by atoms with van der Waals surface area (Å²) in [5.41, 5.74) is -1.24. The number of ether oxygens (including phenoxy) is 1. The molecule has 1 aromatic carbocycles. The molecule has 0 saturated heterocycles. The van der Waals surface area contributed by atoms with E-state index < -0.39 is 46.9 Å². The number of rotatable bonds is 4. The highest BCUT2D eigenvalue weighted by molar-refractivity contribution is 9.10. The average molecular weight is 446 g/mol. The van der Waals surface area contributed by atoms with E-state index in [1.54, 1.807) is 0 Å². The Balaban J connectivity index is 2.16. The van der Waals surface area contributed by atoms with E-state index in [1.165, 1.54) is 6.08 Å². The molecule has 0 heterocycles. The maximum absolute atomic E-state index is 14.0. The highest BCUT2D eigenvalue weighted by atomic mass is 79.9. The van der Waals surface area contributed by atoms with E-state index in [0.717, 1.165) is 6.92 Å². The molecule has 132 valence electrons. The van der Waals surface area contributed by atoms with E-state index >= 15 is 0 Å². The Morgan fingerprint density at radius 3 is 2.38 bits per heavy atom. The molecule has 1 aromatic rings. The van der Waals surface area contributed by atoms with Crippen LogP contribution in [0.2, 0.25) is 0 Å². The minimum atomic E-state index is -1.30. The maximum Gasteiger partial charge on any atom is 0.310 e. The van der Waals surface area contributed by atoms with Gasteiger partial charge in [0, 0.05) is 11.1 Å². The summed E-state index contributed by atoms with van der Waals surface area (Å²) < 4.78 is 46.3. The predicted octanol–water partition coefficient (Wildman–Crippen LogP) is 5.81. The Labute approximate surface area is 156 Å². The predicted molar refractivity (Wildman–Crippen MR) is 89.1 cm³/mol. The van der Waals surface area contributed by atoms with Crippen molar-refractivity contribution in [2.75, 3.05) is 0 Å². The van der Waals surface area contributed by atoms with Crippen LogP contribution in [0.3, 0.4) is 0 Å². The molecule has 0 spiro atoms. The van der Waals surface area contributed by atoms with Gasteiger partial charge in [-0.15, -0.1) is 0 Å². The van der Waals surface area contributed by atoms with Crippen molar-refractivity contribution >= 4 is 45.1 Å². The first-order valence-electron chi connectivity index (χ1n) is 7.01. The summed E-state index contributed by atoms with van der Waals surface area (Å²) in [7, 11) is 0. The summed E-state index contributed by atoms with van der Waals surface area (Å²) in [5.74, 6) is -4.81. The lowest BCUT2D eigenvalue weighted by Crippen LogP contribution is -2.13. The topological polar surface area (TPSA) is 26.3 Å². The molecule has 2 unspecified atom stereocenters. The monoisotopic (exact) mass is 444 g/mol. The number of carbonyl (C=O) groups is 1. The fourth-order valence-electron chi connectivity index (χ4n) is 2.72. The van der Waals surface area contributed by atoms with Crippen molar-refractivity contribution in [3.63, 3.8) is 0 Å². The summed E-state index contributed by atoms with van der Waals surface area (Å²) >= 11 is 14.1. The van der Waals surface area contributed by atoms with Gasteiger partial charge in [0.15, 0.2) is 11.6 Å². The molecule has 0 radical (unpaired) electrons. The quantitative estimate of drug-likeness (QED) is 0.431. The van der Waals surface area contributed by atoms with Crippen molar-refractivity contribution in [2.45, 2.75) is 27.4 Å². The number of halogens is 6. The van der Waals surface area contributed by atoms with E-state index in [1.807, 2.05) is 13.8 Å². The van der Waals surface area contributed by atoms with Gasteiger partial charge in [-0.2, -0.15) is 0 Å². The van der Waals surface area contributed by atoms with Crippen LogP contribution in [0.5, 0.6) is 0 Å². The van der Waals surface area contributed by atoms with Crippen molar-refractivity contribution in [2.24, 2.45) is 17.3 Å². The van der Waals surface area contributed by atoms with Crippen LogP contribution in [0.4, 0.5) is 13.2 Å². The molecule has 2 rings (SSSR count). The van der Waals surface area contributed by atoms with E-state index in [2.05, 4.69) is 15.9 Å². The van der Waals surface area contributed by atoms with Gasteiger partial charge in [0.05, 0.1) is 10.4 Å². The molecule has 1 fully saturated rings. The molecular formula is C16H14BrCl2F3O2. The lowest BCUT2D eigenvalue weighted by Gasteiger charge is -2.12. The van der Waals surface area contributed by atoms with Gasteiger partial charge >= 0.3 is 5.97 Å². The van der Waals surface area contributed by atoms with Gasteiger partial charge in [-0.3, -0.25) is 4.79 Å². The van der Waals surface area contributed by atoms with Crippen LogP contribution in [0, 0.1) is 41.6 Å². The van der Waals surface area contributed by atoms with Crippen molar-refractivity contribution in [1.82, 2.24) is 0 Å². The zero-order valence-electron chi connectivity index (χ0n) is 13.0. The molecule has 1 aliphatic carbocycles. The van der Waals surface area contributed by atoms with Crippen LogP contribution in [0.25, 0.3) is 0 Å². The molecule has 0 aromatic heterocycles. The minimum Gasteiger partial charge on any atom is -0.460 e. The van der Waals surface area contributed by atoms with Crippen LogP contribution in [0.15, 0.2) is 15.0 Å². The second-order valence-corrected chi connectivity index (χ2v) is 8.05. The summed E-state index contributed by atoms with van der Waals surface area (Å²) in [6, 6.07) is 0. The summed E-state index contributed by atoms with van der Waals surface area (Å²) in [5, 5.41) is 0. The largest absolute Gasteiger partial charge is 0.460 e. The van der Waals surface area contributed by atoms with Crippen LogP contribution >= 0.6 is 39.1 Å². The van der Waals surface area contributed by atoms with Gasteiger partial charge < -0.3 is 4.74 Å². The second-order valence-electron chi connectivity index (χ2n) is 6.25. The first-order chi connectivity index (χ1) is 11.0. The molecule has 0 bridgehead atoms.